The van der Waals surface area contributed by atoms with E-state index >= 15 is 0 Å². The van der Waals surface area contributed by atoms with Crippen molar-refractivity contribution in [3.63, 3.8) is 0 Å². The smallest absolute Gasteiger partial charge is 0.0529 e. The molecule has 1 fully saturated rings. The van der Waals surface area contributed by atoms with Crippen LogP contribution in [0.5, 0.6) is 0 Å². The fourth-order valence-corrected chi connectivity index (χ4v) is 4.92. The first-order chi connectivity index (χ1) is 12.6. The number of fused-ring (bicyclic) bond motifs is 6. The van der Waals surface area contributed by atoms with Gasteiger partial charge in [0, 0.05) is 35.8 Å². The van der Waals surface area contributed by atoms with Gasteiger partial charge in [0.15, 0.2) is 0 Å². The number of hydrogen-bond acceptors (Lipinski definition) is 1. The summed E-state index contributed by atoms with van der Waals surface area (Å²) in [6.45, 7) is 4.34. The Balaban J connectivity index is 1.68. The van der Waals surface area contributed by atoms with Gasteiger partial charge in [-0.25, -0.2) is 0 Å². The second-order valence-corrected chi connectivity index (χ2v) is 8.09. The first-order valence-electron chi connectivity index (χ1n) is 9.72. The summed E-state index contributed by atoms with van der Waals surface area (Å²) in [6, 6.07) is 17.0. The molecule has 0 spiro atoms. The SMILES string of the molecule is Cc1ccc(/C=C/n2c3c(c4cc(C)ccc42)[C@@H]2CC[C@H](C3)N2C)cc1. The highest BCUT2D eigenvalue weighted by Crippen LogP contribution is 2.47. The van der Waals surface area contributed by atoms with Gasteiger partial charge < -0.3 is 4.57 Å². The van der Waals surface area contributed by atoms with Crippen LogP contribution in [0.3, 0.4) is 0 Å². The molecule has 0 aliphatic carbocycles. The molecule has 0 unspecified atom stereocenters. The maximum atomic E-state index is 2.61. The summed E-state index contributed by atoms with van der Waals surface area (Å²) in [5, 5.41) is 1.45. The van der Waals surface area contributed by atoms with Gasteiger partial charge in [-0.1, -0.05) is 41.5 Å². The molecule has 2 aromatic carbocycles. The van der Waals surface area contributed by atoms with E-state index in [9.17, 15) is 0 Å². The normalized spacial score (nSPS) is 22.4. The predicted molar refractivity (Wildman–Crippen MR) is 110 cm³/mol. The molecule has 2 bridgehead atoms. The number of aromatic nitrogens is 1. The van der Waals surface area contributed by atoms with Gasteiger partial charge in [0.2, 0.25) is 0 Å². The van der Waals surface area contributed by atoms with Crippen molar-refractivity contribution in [2.24, 2.45) is 0 Å². The Labute approximate surface area is 155 Å². The van der Waals surface area contributed by atoms with Crippen molar-refractivity contribution in [2.75, 3.05) is 7.05 Å². The largest absolute Gasteiger partial charge is 0.320 e. The van der Waals surface area contributed by atoms with Gasteiger partial charge in [-0.15, -0.1) is 0 Å². The molecule has 0 N–H and O–H groups in total. The van der Waals surface area contributed by atoms with E-state index in [1.807, 2.05) is 0 Å². The van der Waals surface area contributed by atoms with Crippen LogP contribution in [0.4, 0.5) is 0 Å². The van der Waals surface area contributed by atoms with E-state index in [2.05, 4.69) is 85.1 Å². The fraction of sp³-hybridized carbons (Fsp3) is 0.333. The van der Waals surface area contributed by atoms with Crippen LogP contribution < -0.4 is 0 Å². The van der Waals surface area contributed by atoms with Crippen molar-refractivity contribution in [2.45, 2.75) is 45.2 Å². The molecule has 26 heavy (non-hydrogen) atoms. The Morgan fingerprint density at radius 2 is 1.73 bits per heavy atom. The summed E-state index contributed by atoms with van der Waals surface area (Å²) in [4.78, 5) is 2.61. The van der Waals surface area contributed by atoms with Crippen molar-refractivity contribution in [3.8, 4) is 0 Å². The zero-order valence-corrected chi connectivity index (χ0v) is 15.9. The van der Waals surface area contributed by atoms with E-state index < -0.39 is 0 Å². The fourth-order valence-electron chi connectivity index (χ4n) is 4.92. The van der Waals surface area contributed by atoms with Crippen LogP contribution in [0.1, 0.15) is 46.8 Å². The van der Waals surface area contributed by atoms with Crippen molar-refractivity contribution in [1.82, 2.24) is 9.47 Å². The molecule has 2 aliphatic rings. The maximum Gasteiger partial charge on any atom is 0.0529 e. The predicted octanol–water partition coefficient (Wildman–Crippen LogP) is 5.58. The zero-order valence-electron chi connectivity index (χ0n) is 15.9. The van der Waals surface area contributed by atoms with Crippen molar-refractivity contribution >= 4 is 23.2 Å². The first-order valence-corrected chi connectivity index (χ1v) is 9.72. The van der Waals surface area contributed by atoms with Crippen molar-refractivity contribution in [3.05, 3.63) is 70.4 Å². The quantitative estimate of drug-likeness (QED) is 0.590. The van der Waals surface area contributed by atoms with Gasteiger partial charge in [-0.2, -0.15) is 0 Å². The third kappa shape index (κ3) is 2.36. The molecule has 3 heterocycles. The van der Waals surface area contributed by atoms with E-state index in [1.54, 1.807) is 5.56 Å². The number of rotatable bonds is 2. The molecule has 2 aliphatic heterocycles. The Bertz CT molecular complexity index is 1010. The van der Waals surface area contributed by atoms with Gasteiger partial charge in [0.05, 0.1) is 5.52 Å². The van der Waals surface area contributed by atoms with Crippen molar-refractivity contribution in [1.29, 1.82) is 0 Å². The number of benzene rings is 2. The molecular weight excluding hydrogens is 316 g/mol. The highest BCUT2D eigenvalue weighted by molar-refractivity contribution is 5.90. The lowest BCUT2D eigenvalue weighted by molar-refractivity contribution is 0.223. The van der Waals surface area contributed by atoms with Crippen LogP contribution in [0.2, 0.25) is 0 Å². The summed E-state index contributed by atoms with van der Waals surface area (Å²) in [5.41, 5.74) is 8.37. The number of aryl methyl sites for hydroxylation is 2. The Morgan fingerprint density at radius 3 is 2.54 bits per heavy atom. The van der Waals surface area contributed by atoms with Crippen LogP contribution in [-0.4, -0.2) is 22.6 Å². The van der Waals surface area contributed by atoms with Crippen LogP contribution in [0, 0.1) is 13.8 Å². The minimum atomic E-state index is 0.585. The monoisotopic (exact) mass is 342 g/mol. The molecule has 0 radical (unpaired) electrons. The highest BCUT2D eigenvalue weighted by Gasteiger charge is 2.40. The molecule has 2 heteroatoms. The number of hydrogen-bond donors (Lipinski definition) is 0. The third-order valence-corrected chi connectivity index (χ3v) is 6.40. The molecular formula is C24H26N2. The first kappa shape index (κ1) is 15.9. The molecule has 3 aromatic rings. The summed E-state index contributed by atoms with van der Waals surface area (Å²) < 4.78 is 2.46. The van der Waals surface area contributed by atoms with Gasteiger partial charge in [0.1, 0.15) is 0 Å². The minimum absolute atomic E-state index is 0.585. The van der Waals surface area contributed by atoms with Crippen LogP contribution in [0.25, 0.3) is 23.2 Å². The van der Waals surface area contributed by atoms with Crippen LogP contribution in [0.15, 0.2) is 42.5 Å². The van der Waals surface area contributed by atoms with E-state index in [4.69, 9.17) is 0 Å². The molecule has 5 rings (SSSR count). The van der Waals surface area contributed by atoms with E-state index in [0.717, 1.165) is 6.42 Å². The second-order valence-electron chi connectivity index (χ2n) is 8.09. The van der Waals surface area contributed by atoms with Gasteiger partial charge in [-0.3, -0.25) is 4.90 Å². The topological polar surface area (TPSA) is 8.17 Å². The molecule has 132 valence electrons. The lowest BCUT2D eigenvalue weighted by Crippen LogP contribution is -2.34. The summed E-state index contributed by atoms with van der Waals surface area (Å²) in [5.74, 6) is 0. The van der Waals surface area contributed by atoms with E-state index in [1.165, 1.54) is 46.1 Å². The standard InChI is InChI=1S/C24H26N2/c1-16-4-7-18(8-5-16)12-13-26-21-10-6-17(2)14-20(21)24-22-11-9-19(25(22)3)15-23(24)26/h4-8,10,12-14,19,22H,9,11,15H2,1-3H3/b13-12+/t19-,22+/m1/s1. The maximum absolute atomic E-state index is 2.61. The Morgan fingerprint density at radius 1 is 0.962 bits per heavy atom. The average molecular weight is 342 g/mol. The molecule has 1 saturated heterocycles. The van der Waals surface area contributed by atoms with E-state index in [-0.39, 0.29) is 0 Å². The van der Waals surface area contributed by atoms with Crippen LogP contribution >= 0.6 is 0 Å². The lowest BCUT2D eigenvalue weighted by atomic mass is 9.97. The molecule has 1 aromatic heterocycles. The van der Waals surface area contributed by atoms with E-state index in [0.29, 0.717) is 12.1 Å². The van der Waals surface area contributed by atoms with Gasteiger partial charge in [0.25, 0.3) is 0 Å². The molecule has 0 amide bonds. The van der Waals surface area contributed by atoms with Crippen molar-refractivity contribution < 1.29 is 0 Å². The third-order valence-electron chi connectivity index (χ3n) is 6.40. The number of nitrogens with zero attached hydrogens (tertiary/aromatic N) is 2. The Kier molecular flexibility index (Phi) is 3.58. The molecule has 2 atom stereocenters. The number of likely N-dealkylation sites (N-methyl/N-ethyl adjacent to an activating group) is 1. The minimum Gasteiger partial charge on any atom is -0.320 e. The summed E-state index contributed by atoms with van der Waals surface area (Å²) >= 11 is 0. The molecule has 2 nitrogen and oxygen atoms in total. The van der Waals surface area contributed by atoms with Gasteiger partial charge in [-0.05, 0) is 63.1 Å². The second kappa shape index (κ2) is 5.85. The Hall–Kier alpha value is -2.32. The highest BCUT2D eigenvalue weighted by atomic mass is 15.2. The lowest BCUT2D eigenvalue weighted by Gasteiger charge is -2.32. The zero-order chi connectivity index (χ0) is 17.8. The summed E-state index contributed by atoms with van der Waals surface area (Å²) in [7, 11) is 2.31. The van der Waals surface area contributed by atoms with Gasteiger partial charge >= 0.3 is 0 Å². The average Bonchev–Trinajstić information content (AvgIpc) is 3.04. The van der Waals surface area contributed by atoms with Crippen LogP contribution in [-0.2, 0) is 6.42 Å². The summed E-state index contributed by atoms with van der Waals surface area (Å²) in [6.07, 6.45) is 8.31. The molecule has 0 saturated carbocycles.